The Morgan fingerprint density at radius 2 is 2.10 bits per heavy atom. The van der Waals surface area contributed by atoms with E-state index in [-0.39, 0.29) is 16.2 Å². The second kappa shape index (κ2) is 6.27. The van der Waals surface area contributed by atoms with Crippen molar-refractivity contribution in [1.82, 2.24) is 9.97 Å². The van der Waals surface area contributed by atoms with Crippen LogP contribution in [0.5, 0.6) is 0 Å². The molecule has 4 N–H and O–H groups in total. The number of halogens is 1. The van der Waals surface area contributed by atoms with Crippen molar-refractivity contribution in [2.24, 2.45) is 5.73 Å². The van der Waals surface area contributed by atoms with E-state index in [9.17, 15) is 9.18 Å². The summed E-state index contributed by atoms with van der Waals surface area (Å²) in [5.74, 6) is 0.0974. The van der Waals surface area contributed by atoms with Gasteiger partial charge in [0.05, 0.1) is 11.3 Å². The number of nitrogens with zero attached hydrogens (tertiary/aromatic N) is 1. The molecule has 1 aromatic heterocycles. The molecule has 5 nitrogen and oxygen atoms in total. The molecule has 0 fully saturated rings. The van der Waals surface area contributed by atoms with Crippen molar-refractivity contribution in [2.75, 3.05) is 12.4 Å². The van der Waals surface area contributed by atoms with Gasteiger partial charge in [0.1, 0.15) is 16.7 Å². The van der Waals surface area contributed by atoms with E-state index in [1.54, 1.807) is 19.2 Å². The number of H-pyrrole nitrogens is 1. The molecule has 7 heteroatoms. The average molecular weight is 304 g/mol. The number of nitrogens with one attached hydrogen (secondary N) is 2. The van der Waals surface area contributed by atoms with Crippen LogP contribution in [0.2, 0.25) is 0 Å². The summed E-state index contributed by atoms with van der Waals surface area (Å²) in [7, 11) is 1.69. The number of allylic oxidation sites excluding steroid dienone is 1. The van der Waals surface area contributed by atoms with Crippen molar-refractivity contribution in [3.05, 3.63) is 46.4 Å². The Labute approximate surface area is 125 Å². The number of aldehydes is 1. The molecule has 0 saturated carbocycles. The van der Waals surface area contributed by atoms with Crippen LogP contribution in [0.15, 0.2) is 30.3 Å². The van der Waals surface area contributed by atoms with Crippen LogP contribution >= 0.6 is 12.2 Å². The van der Waals surface area contributed by atoms with E-state index in [1.165, 1.54) is 18.2 Å². The van der Waals surface area contributed by atoms with Gasteiger partial charge in [0, 0.05) is 18.8 Å². The molecule has 0 unspecified atom stereocenters. The standard InChI is InChI=1S/C14H13FN4OS/c1-17-14-18-12(8-2-4-9(15)5-3-8)11(13(21)19-14)10(16)6-7-20/h2-7H,16H2,1H3,(H2,17,18,19,21)/b10-6-. The van der Waals surface area contributed by atoms with E-state index < -0.39 is 0 Å². The lowest BCUT2D eigenvalue weighted by molar-refractivity contribution is -0.104. The van der Waals surface area contributed by atoms with E-state index in [0.29, 0.717) is 29.1 Å². The number of rotatable bonds is 4. The van der Waals surface area contributed by atoms with Gasteiger partial charge in [-0.25, -0.2) is 9.37 Å². The number of carbonyl (C=O) groups is 1. The minimum Gasteiger partial charge on any atom is -0.398 e. The molecule has 1 heterocycles. The van der Waals surface area contributed by atoms with Crippen LogP contribution in [-0.4, -0.2) is 23.3 Å². The number of hydrogen-bond acceptors (Lipinski definition) is 5. The highest BCUT2D eigenvalue weighted by molar-refractivity contribution is 7.71. The molecule has 0 radical (unpaired) electrons. The molecule has 0 saturated heterocycles. The lowest BCUT2D eigenvalue weighted by Crippen LogP contribution is -2.07. The molecule has 2 rings (SSSR count). The monoisotopic (exact) mass is 304 g/mol. The first-order chi connectivity index (χ1) is 10.1. The first kappa shape index (κ1) is 14.9. The SMILES string of the molecule is CNc1nc(=S)c(/C(N)=C/C=O)c(-c2ccc(F)cc2)[nH]1. The maximum absolute atomic E-state index is 13.1. The predicted molar refractivity (Wildman–Crippen MR) is 82.6 cm³/mol. The smallest absolute Gasteiger partial charge is 0.201 e. The molecule has 0 spiro atoms. The summed E-state index contributed by atoms with van der Waals surface area (Å²) >= 11 is 5.23. The Balaban J connectivity index is 2.75. The zero-order valence-corrected chi connectivity index (χ0v) is 12.0. The number of benzene rings is 1. The Hall–Kier alpha value is -2.54. The predicted octanol–water partition coefficient (Wildman–Crippen LogP) is 2.49. The molecule has 0 aliphatic carbocycles. The van der Waals surface area contributed by atoms with E-state index in [0.717, 1.165) is 0 Å². The first-order valence-corrected chi connectivity index (χ1v) is 6.47. The van der Waals surface area contributed by atoms with Gasteiger partial charge in [-0.3, -0.25) is 4.79 Å². The Kier molecular flexibility index (Phi) is 4.44. The van der Waals surface area contributed by atoms with Gasteiger partial charge in [0.15, 0.2) is 0 Å². The topological polar surface area (TPSA) is 83.8 Å². The van der Waals surface area contributed by atoms with Gasteiger partial charge in [-0.1, -0.05) is 12.2 Å². The van der Waals surface area contributed by atoms with Gasteiger partial charge in [-0.05, 0) is 29.8 Å². The van der Waals surface area contributed by atoms with Crippen LogP contribution in [-0.2, 0) is 4.79 Å². The van der Waals surface area contributed by atoms with Crippen LogP contribution in [0.4, 0.5) is 10.3 Å². The molecule has 0 bridgehead atoms. The van der Waals surface area contributed by atoms with Crippen LogP contribution in [0.3, 0.4) is 0 Å². The number of hydrogen-bond donors (Lipinski definition) is 3. The van der Waals surface area contributed by atoms with E-state index in [1.807, 2.05) is 0 Å². The van der Waals surface area contributed by atoms with Crippen molar-refractivity contribution in [2.45, 2.75) is 0 Å². The van der Waals surface area contributed by atoms with Crippen LogP contribution in [0.1, 0.15) is 5.56 Å². The molecule has 0 atom stereocenters. The molecule has 1 aromatic carbocycles. The summed E-state index contributed by atoms with van der Waals surface area (Å²) in [6.45, 7) is 0. The van der Waals surface area contributed by atoms with Gasteiger partial charge in [0.2, 0.25) is 5.95 Å². The molecule has 2 aromatic rings. The second-order valence-electron chi connectivity index (χ2n) is 4.16. The van der Waals surface area contributed by atoms with Crippen LogP contribution in [0, 0.1) is 10.5 Å². The van der Waals surface area contributed by atoms with Crippen molar-refractivity contribution < 1.29 is 9.18 Å². The van der Waals surface area contributed by atoms with Gasteiger partial charge in [-0.2, -0.15) is 0 Å². The number of aromatic nitrogens is 2. The van der Waals surface area contributed by atoms with E-state index in [4.69, 9.17) is 18.0 Å². The minimum atomic E-state index is -0.349. The summed E-state index contributed by atoms with van der Waals surface area (Å²) in [6, 6.07) is 5.84. The van der Waals surface area contributed by atoms with E-state index in [2.05, 4.69) is 15.3 Å². The average Bonchev–Trinajstić information content (AvgIpc) is 2.47. The fourth-order valence-electron chi connectivity index (χ4n) is 1.85. The maximum Gasteiger partial charge on any atom is 0.201 e. The number of carbonyl (C=O) groups excluding carboxylic acids is 1. The Morgan fingerprint density at radius 3 is 2.67 bits per heavy atom. The number of aromatic amines is 1. The molecule has 0 aliphatic heterocycles. The van der Waals surface area contributed by atoms with Crippen molar-refractivity contribution in [3.8, 4) is 11.3 Å². The third-order valence-corrected chi connectivity index (χ3v) is 3.12. The lowest BCUT2D eigenvalue weighted by Gasteiger charge is -2.12. The highest BCUT2D eigenvalue weighted by Crippen LogP contribution is 2.27. The number of anilines is 1. The largest absolute Gasteiger partial charge is 0.398 e. The van der Waals surface area contributed by atoms with Gasteiger partial charge < -0.3 is 16.0 Å². The number of nitrogens with two attached hydrogens (primary N) is 1. The van der Waals surface area contributed by atoms with Crippen LogP contribution in [0.25, 0.3) is 17.0 Å². The second-order valence-corrected chi connectivity index (χ2v) is 4.54. The summed E-state index contributed by atoms with van der Waals surface area (Å²) in [4.78, 5) is 17.8. The van der Waals surface area contributed by atoms with Gasteiger partial charge in [-0.15, -0.1) is 0 Å². The molecule has 108 valence electrons. The molecular weight excluding hydrogens is 291 g/mol. The molecule has 0 aliphatic rings. The Morgan fingerprint density at radius 1 is 1.43 bits per heavy atom. The first-order valence-electron chi connectivity index (χ1n) is 6.06. The summed E-state index contributed by atoms with van der Waals surface area (Å²) in [5.41, 5.74) is 7.75. The zero-order valence-electron chi connectivity index (χ0n) is 11.2. The Bertz CT molecular complexity index is 753. The van der Waals surface area contributed by atoms with Crippen LogP contribution < -0.4 is 11.1 Å². The van der Waals surface area contributed by atoms with Gasteiger partial charge in [0.25, 0.3) is 0 Å². The minimum absolute atomic E-state index is 0.195. The zero-order chi connectivity index (χ0) is 15.4. The molecular formula is C14H13FN4OS. The molecule has 21 heavy (non-hydrogen) atoms. The third kappa shape index (κ3) is 3.14. The quantitative estimate of drug-likeness (QED) is 0.459. The summed E-state index contributed by atoms with van der Waals surface area (Å²) < 4.78 is 13.3. The van der Waals surface area contributed by atoms with Crippen molar-refractivity contribution in [3.63, 3.8) is 0 Å². The maximum atomic E-state index is 13.1. The normalized spacial score (nSPS) is 11.2. The molecule has 0 amide bonds. The third-order valence-electron chi connectivity index (χ3n) is 2.83. The van der Waals surface area contributed by atoms with Gasteiger partial charge >= 0.3 is 0 Å². The van der Waals surface area contributed by atoms with Crippen molar-refractivity contribution >= 4 is 30.1 Å². The summed E-state index contributed by atoms with van der Waals surface area (Å²) in [5, 5.41) is 2.85. The van der Waals surface area contributed by atoms with Crippen molar-refractivity contribution in [1.29, 1.82) is 0 Å². The fourth-order valence-corrected chi connectivity index (χ4v) is 2.16. The van der Waals surface area contributed by atoms with E-state index >= 15 is 0 Å². The summed E-state index contributed by atoms with van der Waals surface area (Å²) in [6.07, 6.45) is 1.78. The lowest BCUT2D eigenvalue weighted by atomic mass is 10.0. The highest BCUT2D eigenvalue weighted by atomic mass is 32.1. The highest BCUT2D eigenvalue weighted by Gasteiger charge is 2.13. The fraction of sp³-hybridized carbons (Fsp3) is 0.0714.